The molecule has 4 aromatic rings. The zero-order chi connectivity index (χ0) is 28.8. The van der Waals surface area contributed by atoms with E-state index in [1.54, 1.807) is 29.2 Å². The number of halogens is 1. The van der Waals surface area contributed by atoms with Crippen LogP contribution in [0.2, 0.25) is 0 Å². The van der Waals surface area contributed by atoms with Crippen LogP contribution in [0.3, 0.4) is 0 Å². The van der Waals surface area contributed by atoms with Crippen molar-refractivity contribution in [3.63, 3.8) is 0 Å². The Kier molecular flexibility index (Phi) is 8.85. The molecule has 0 radical (unpaired) electrons. The average Bonchev–Trinajstić information content (AvgIpc) is 3.32. The van der Waals surface area contributed by atoms with Gasteiger partial charge in [0.05, 0.1) is 17.9 Å². The van der Waals surface area contributed by atoms with Gasteiger partial charge in [-0.05, 0) is 78.2 Å². The number of thioether (sulfide) groups is 1. The Morgan fingerprint density at radius 2 is 1.73 bits per heavy atom. The van der Waals surface area contributed by atoms with Crippen molar-refractivity contribution in [2.75, 3.05) is 11.5 Å². The maximum absolute atomic E-state index is 13.5. The number of carbonyl (C=O) groups is 2. The van der Waals surface area contributed by atoms with Gasteiger partial charge in [-0.1, -0.05) is 73.6 Å². The highest BCUT2D eigenvalue weighted by molar-refractivity contribution is 8.15. The summed E-state index contributed by atoms with van der Waals surface area (Å²) in [6.07, 6.45) is 5.04. The van der Waals surface area contributed by atoms with Crippen molar-refractivity contribution in [1.29, 1.82) is 0 Å². The summed E-state index contributed by atoms with van der Waals surface area (Å²) in [5, 5.41) is 9.50. The number of anilines is 1. The van der Waals surface area contributed by atoms with E-state index in [4.69, 9.17) is 4.74 Å². The van der Waals surface area contributed by atoms with Crippen LogP contribution in [0.25, 0.3) is 11.1 Å². The number of amides is 1. The van der Waals surface area contributed by atoms with Crippen LogP contribution in [0.4, 0.5) is 14.9 Å². The summed E-state index contributed by atoms with van der Waals surface area (Å²) >= 11 is 1.15. The van der Waals surface area contributed by atoms with Crippen molar-refractivity contribution in [2.24, 2.45) is 0 Å². The maximum Gasteiger partial charge on any atom is 0.287 e. The lowest BCUT2D eigenvalue weighted by Gasteiger charge is -2.28. The van der Waals surface area contributed by atoms with Crippen molar-refractivity contribution in [2.45, 2.75) is 31.1 Å². The van der Waals surface area contributed by atoms with Crippen LogP contribution in [-0.2, 0) is 0 Å². The second kappa shape index (κ2) is 12.9. The first-order valence-corrected chi connectivity index (χ1v) is 14.4. The van der Waals surface area contributed by atoms with E-state index in [9.17, 15) is 19.1 Å². The Morgan fingerprint density at radius 1 is 0.976 bits per heavy atom. The van der Waals surface area contributed by atoms with E-state index in [0.29, 0.717) is 17.9 Å². The van der Waals surface area contributed by atoms with Crippen molar-refractivity contribution < 1.29 is 23.8 Å². The SMILES string of the molecule is CCCCOc1cc(-c2cccc(O)c2)ccc1[C@@H]1[C@@H](/C=C/C(=O)c2ccc(F)cc2)SC(=O)N1c1ccccc1. The zero-order valence-corrected chi connectivity index (χ0v) is 23.4. The molecule has 4 aromatic carbocycles. The van der Waals surface area contributed by atoms with Gasteiger partial charge in [-0.3, -0.25) is 14.5 Å². The van der Waals surface area contributed by atoms with Gasteiger partial charge in [0.15, 0.2) is 5.78 Å². The normalized spacial score (nSPS) is 16.8. The number of phenolic OH excluding ortho intramolecular Hbond substituents is 1. The molecule has 41 heavy (non-hydrogen) atoms. The molecule has 7 heteroatoms. The predicted molar refractivity (Wildman–Crippen MR) is 162 cm³/mol. The molecule has 1 amide bonds. The third-order valence-electron chi connectivity index (χ3n) is 6.89. The topological polar surface area (TPSA) is 66.8 Å². The molecular formula is C34H30FNO4S. The van der Waals surface area contributed by atoms with E-state index in [-0.39, 0.29) is 16.8 Å². The molecule has 1 aliphatic rings. The van der Waals surface area contributed by atoms with Crippen LogP contribution in [0.5, 0.6) is 11.5 Å². The summed E-state index contributed by atoms with van der Waals surface area (Å²) in [7, 11) is 0. The molecule has 1 saturated heterocycles. The molecule has 0 saturated carbocycles. The molecule has 1 aliphatic heterocycles. The molecule has 1 heterocycles. The summed E-state index contributed by atoms with van der Waals surface area (Å²) in [6.45, 7) is 2.60. The molecule has 0 unspecified atom stereocenters. The molecule has 1 N–H and O–H groups in total. The van der Waals surface area contributed by atoms with Gasteiger partial charge >= 0.3 is 0 Å². The van der Waals surface area contributed by atoms with Crippen LogP contribution in [-0.4, -0.2) is 28.0 Å². The Bertz CT molecular complexity index is 1560. The molecule has 0 aliphatic carbocycles. The fourth-order valence-corrected chi connectivity index (χ4v) is 5.92. The quantitative estimate of drug-likeness (QED) is 0.118. The number of hydrogen-bond donors (Lipinski definition) is 1. The number of ether oxygens (including phenoxy) is 1. The number of unbranched alkanes of at least 4 members (excludes halogenated alkanes) is 1. The van der Waals surface area contributed by atoms with Gasteiger partial charge in [-0.25, -0.2) is 4.39 Å². The third-order valence-corrected chi connectivity index (χ3v) is 7.98. The first kappa shape index (κ1) is 28.2. The minimum absolute atomic E-state index is 0.137. The molecular weight excluding hydrogens is 537 g/mol. The Balaban J connectivity index is 1.57. The molecule has 1 fully saturated rings. The van der Waals surface area contributed by atoms with Gasteiger partial charge in [-0.2, -0.15) is 0 Å². The fourth-order valence-electron chi connectivity index (χ4n) is 4.80. The van der Waals surface area contributed by atoms with E-state index >= 15 is 0 Å². The summed E-state index contributed by atoms with van der Waals surface area (Å²) in [6, 6.07) is 27.3. The first-order valence-electron chi connectivity index (χ1n) is 13.5. The molecule has 0 aromatic heterocycles. The molecule has 2 atom stereocenters. The smallest absolute Gasteiger partial charge is 0.287 e. The van der Waals surface area contributed by atoms with Gasteiger partial charge in [0.25, 0.3) is 5.24 Å². The molecule has 208 valence electrons. The van der Waals surface area contributed by atoms with Crippen molar-refractivity contribution >= 4 is 28.5 Å². The minimum atomic E-state index is -0.456. The number of aromatic hydroxyl groups is 1. The molecule has 5 nitrogen and oxygen atoms in total. The highest BCUT2D eigenvalue weighted by atomic mass is 32.2. The van der Waals surface area contributed by atoms with Crippen LogP contribution in [0.15, 0.2) is 109 Å². The van der Waals surface area contributed by atoms with Gasteiger partial charge in [-0.15, -0.1) is 0 Å². The van der Waals surface area contributed by atoms with Crippen LogP contribution < -0.4 is 9.64 Å². The number of benzene rings is 4. The largest absolute Gasteiger partial charge is 0.508 e. The Labute approximate surface area is 243 Å². The van der Waals surface area contributed by atoms with E-state index in [1.165, 1.54) is 30.3 Å². The van der Waals surface area contributed by atoms with E-state index in [1.807, 2.05) is 54.6 Å². The van der Waals surface area contributed by atoms with Crippen LogP contribution >= 0.6 is 11.8 Å². The summed E-state index contributed by atoms with van der Waals surface area (Å²) in [5.41, 5.74) is 3.64. The molecule has 5 rings (SSSR count). The average molecular weight is 568 g/mol. The second-order valence-electron chi connectivity index (χ2n) is 9.73. The van der Waals surface area contributed by atoms with Gasteiger partial charge in [0, 0.05) is 16.8 Å². The highest BCUT2D eigenvalue weighted by Gasteiger charge is 2.42. The van der Waals surface area contributed by atoms with Crippen LogP contribution in [0.1, 0.15) is 41.7 Å². The highest BCUT2D eigenvalue weighted by Crippen LogP contribution is 2.48. The maximum atomic E-state index is 13.5. The number of carbonyl (C=O) groups excluding carboxylic acids is 2. The standard InChI is InChI=1S/C34H30FNO4S/c1-2-3-20-40-31-22-25(24-8-7-11-28(37)21-24)14-17-29(31)33-32(19-18-30(38)23-12-15-26(35)16-13-23)41-34(39)36(33)27-9-5-4-6-10-27/h4-19,21-22,32-33,37H,2-3,20H2,1H3/b19-18+/t32-,33-/m1/s1. The number of ketones is 1. The Morgan fingerprint density at radius 3 is 2.46 bits per heavy atom. The van der Waals surface area contributed by atoms with E-state index in [2.05, 4.69) is 6.92 Å². The number of phenols is 1. The molecule has 0 spiro atoms. The van der Waals surface area contributed by atoms with Gasteiger partial charge < -0.3 is 9.84 Å². The summed E-state index contributed by atoms with van der Waals surface area (Å²) in [5.74, 6) is 0.132. The van der Waals surface area contributed by atoms with E-state index in [0.717, 1.165) is 47.0 Å². The van der Waals surface area contributed by atoms with Gasteiger partial charge in [0.2, 0.25) is 0 Å². The first-order chi connectivity index (χ1) is 19.9. The van der Waals surface area contributed by atoms with E-state index < -0.39 is 17.1 Å². The number of allylic oxidation sites excluding steroid dienone is 1. The number of nitrogens with zero attached hydrogens (tertiary/aromatic N) is 1. The van der Waals surface area contributed by atoms with Crippen LogP contribution in [0, 0.1) is 5.82 Å². The van der Waals surface area contributed by atoms with Gasteiger partial charge in [0.1, 0.15) is 17.3 Å². The van der Waals surface area contributed by atoms with Crippen molar-refractivity contribution in [1.82, 2.24) is 0 Å². The Hall–Kier alpha value is -4.36. The number of hydrogen-bond acceptors (Lipinski definition) is 5. The van der Waals surface area contributed by atoms with Crippen molar-refractivity contribution in [3.05, 3.63) is 126 Å². The summed E-state index contributed by atoms with van der Waals surface area (Å²) < 4.78 is 19.7. The fraction of sp³-hybridized carbons (Fsp3) is 0.176. The third kappa shape index (κ3) is 6.52. The second-order valence-corrected chi connectivity index (χ2v) is 10.9. The monoisotopic (exact) mass is 567 g/mol. The summed E-state index contributed by atoms with van der Waals surface area (Å²) in [4.78, 5) is 28.1. The lowest BCUT2D eigenvalue weighted by molar-refractivity contribution is 0.104. The predicted octanol–water partition coefficient (Wildman–Crippen LogP) is 8.60. The number of rotatable bonds is 10. The lowest BCUT2D eigenvalue weighted by Crippen LogP contribution is -2.29. The molecule has 0 bridgehead atoms. The minimum Gasteiger partial charge on any atom is -0.508 e. The number of para-hydroxylation sites is 1. The lowest BCUT2D eigenvalue weighted by atomic mass is 9.95. The van der Waals surface area contributed by atoms with Crippen molar-refractivity contribution in [3.8, 4) is 22.6 Å². The zero-order valence-electron chi connectivity index (χ0n) is 22.6.